The van der Waals surface area contributed by atoms with Crippen molar-refractivity contribution in [3.63, 3.8) is 0 Å². The predicted molar refractivity (Wildman–Crippen MR) is 83.6 cm³/mol. The van der Waals surface area contributed by atoms with Crippen LogP contribution in [0.2, 0.25) is 0 Å². The minimum Gasteiger partial charge on any atom is -0.370 e. The maximum atomic E-state index is 12.6. The molecule has 0 N–H and O–H groups in total. The van der Waals surface area contributed by atoms with Crippen LogP contribution in [-0.2, 0) is 21.3 Å². The number of ether oxygens (including phenoxy) is 1. The van der Waals surface area contributed by atoms with Crippen molar-refractivity contribution in [2.75, 3.05) is 19.7 Å². The fraction of sp³-hybridized carbons (Fsp3) is 0.643. The Bertz CT molecular complexity index is 817. The Morgan fingerprint density at radius 1 is 1.38 bits per heavy atom. The van der Waals surface area contributed by atoms with E-state index in [0.29, 0.717) is 19.6 Å². The summed E-state index contributed by atoms with van der Waals surface area (Å²) in [5, 5.41) is 12.2. The molecule has 2 aromatic heterocycles. The maximum Gasteiger partial charge on any atom is 0.246 e. The third kappa shape index (κ3) is 2.54. The average molecular weight is 352 g/mol. The first-order valence-electron chi connectivity index (χ1n) is 8.13. The summed E-state index contributed by atoms with van der Waals surface area (Å²) in [5.41, 5.74) is 0. The van der Waals surface area contributed by atoms with Crippen LogP contribution in [0.3, 0.4) is 0 Å². The van der Waals surface area contributed by atoms with Gasteiger partial charge < -0.3 is 9.30 Å². The highest BCUT2D eigenvalue weighted by Crippen LogP contribution is 2.33. The van der Waals surface area contributed by atoms with Gasteiger partial charge in [0.05, 0.1) is 12.2 Å². The van der Waals surface area contributed by atoms with E-state index in [4.69, 9.17) is 4.74 Å². The van der Waals surface area contributed by atoms with Gasteiger partial charge in [-0.3, -0.25) is 4.68 Å². The fourth-order valence-corrected chi connectivity index (χ4v) is 4.60. The van der Waals surface area contributed by atoms with Crippen molar-refractivity contribution in [1.82, 2.24) is 28.9 Å². The first-order valence-corrected chi connectivity index (χ1v) is 9.57. The van der Waals surface area contributed by atoms with Crippen LogP contribution in [0.25, 0.3) is 0 Å². The summed E-state index contributed by atoms with van der Waals surface area (Å²) < 4.78 is 35.9. The van der Waals surface area contributed by atoms with Gasteiger partial charge in [-0.1, -0.05) is 0 Å². The van der Waals surface area contributed by atoms with Gasteiger partial charge in [-0.2, -0.15) is 9.40 Å². The monoisotopic (exact) mass is 352 g/mol. The number of hydrogen-bond acceptors (Lipinski definition) is 6. The smallest absolute Gasteiger partial charge is 0.246 e. The molecule has 0 amide bonds. The third-order valence-electron chi connectivity index (χ3n) is 4.61. The number of hydrogen-bond donors (Lipinski definition) is 0. The van der Waals surface area contributed by atoms with Crippen LogP contribution in [0, 0.1) is 0 Å². The van der Waals surface area contributed by atoms with Gasteiger partial charge in [0.25, 0.3) is 0 Å². The Morgan fingerprint density at radius 2 is 2.21 bits per heavy atom. The van der Waals surface area contributed by atoms with Gasteiger partial charge in [0.15, 0.2) is 5.82 Å². The van der Waals surface area contributed by atoms with E-state index in [2.05, 4.69) is 15.3 Å². The lowest BCUT2D eigenvalue weighted by molar-refractivity contribution is 0.0944. The minimum absolute atomic E-state index is 0.0269. The largest absolute Gasteiger partial charge is 0.370 e. The second-order valence-electron chi connectivity index (χ2n) is 6.11. The van der Waals surface area contributed by atoms with Crippen molar-refractivity contribution >= 4 is 10.0 Å². The van der Waals surface area contributed by atoms with E-state index in [9.17, 15) is 8.42 Å². The lowest BCUT2D eigenvalue weighted by Crippen LogP contribution is -2.50. The van der Waals surface area contributed by atoms with Crippen LogP contribution in [0.4, 0.5) is 0 Å². The summed E-state index contributed by atoms with van der Waals surface area (Å²) in [6, 6.07) is 0.0511. The zero-order valence-electron chi connectivity index (χ0n) is 13.4. The van der Waals surface area contributed by atoms with Crippen LogP contribution in [-0.4, -0.2) is 57.0 Å². The van der Waals surface area contributed by atoms with Crippen molar-refractivity contribution in [3.05, 3.63) is 24.5 Å². The van der Waals surface area contributed by atoms with Gasteiger partial charge in [0.2, 0.25) is 10.0 Å². The quantitative estimate of drug-likeness (QED) is 0.782. The van der Waals surface area contributed by atoms with Gasteiger partial charge in [-0.05, 0) is 19.8 Å². The Morgan fingerprint density at radius 3 is 2.88 bits per heavy atom. The molecule has 2 fully saturated rings. The molecule has 1 atom stereocenters. The zero-order valence-corrected chi connectivity index (χ0v) is 14.3. The molecule has 0 spiro atoms. The number of aromatic nitrogens is 5. The molecule has 2 aromatic rings. The molecule has 2 aliphatic rings. The standard InChI is InChI=1S/C14H20N6O3S/c1-2-18-9-12(6-16-18)24(21,22)19-7-11(8-19)20-10-15-17-14(20)13-4-3-5-23-13/h6,9-11,13H,2-5,7-8H2,1H3. The molecule has 0 saturated carbocycles. The van der Waals surface area contributed by atoms with Crippen LogP contribution < -0.4 is 0 Å². The summed E-state index contributed by atoms with van der Waals surface area (Å²) in [6.07, 6.45) is 6.57. The van der Waals surface area contributed by atoms with E-state index in [-0.39, 0.29) is 17.0 Å². The SMILES string of the molecule is CCn1cc(S(=O)(=O)N2CC(n3cnnc3C3CCCO3)C2)cn1. The topological polar surface area (TPSA) is 95.1 Å². The predicted octanol–water partition coefficient (Wildman–Crippen LogP) is 0.592. The Labute approximate surface area is 140 Å². The molecule has 1 unspecified atom stereocenters. The van der Waals surface area contributed by atoms with Crippen LogP contribution in [0.5, 0.6) is 0 Å². The van der Waals surface area contributed by atoms with Gasteiger partial charge in [0.1, 0.15) is 17.3 Å². The van der Waals surface area contributed by atoms with Gasteiger partial charge in [-0.25, -0.2) is 8.42 Å². The summed E-state index contributed by atoms with van der Waals surface area (Å²) in [7, 11) is -3.48. The first-order chi connectivity index (χ1) is 11.6. The second kappa shape index (κ2) is 5.94. The number of aryl methyl sites for hydroxylation is 1. The van der Waals surface area contributed by atoms with E-state index < -0.39 is 10.0 Å². The molecule has 0 aromatic carbocycles. The molecule has 2 aliphatic heterocycles. The minimum atomic E-state index is -3.48. The lowest BCUT2D eigenvalue weighted by Gasteiger charge is -2.38. The van der Waals surface area contributed by atoms with E-state index in [0.717, 1.165) is 25.3 Å². The van der Waals surface area contributed by atoms with Crippen molar-refractivity contribution in [1.29, 1.82) is 0 Å². The molecule has 4 rings (SSSR count). The molecule has 0 bridgehead atoms. The molecule has 24 heavy (non-hydrogen) atoms. The lowest BCUT2D eigenvalue weighted by atomic mass is 10.1. The van der Waals surface area contributed by atoms with Crippen molar-refractivity contribution in [2.45, 2.75) is 43.4 Å². The van der Waals surface area contributed by atoms with E-state index in [1.807, 2.05) is 11.5 Å². The summed E-state index contributed by atoms with van der Waals surface area (Å²) in [5.74, 6) is 0.799. The molecule has 10 heteroatoms. The highest BCUT2D eigenvalue weighted by Gasteiger charge is 2.40. The molecule has 0 aliphatic carbocycles. The van der Waals surface area contributed by atoms with E-state index in [1.165, 1.54) is 10.5 Å². The molecular formula is C14H20N6O3S. The normalized spacial score (nSPS) is 22.8. The molecular weight excluding hydrogens is 332 g/mol. The Hall–Kier alpha value is -1.78. The van der Waals surface area contributed by atoms with E-state index in [1.54, 1.807) is 17.2 Å². The fourth-order valence-electron chi connectivity index (χ4n) is 3.13. The molecule has 130 valence electrons. The van der Waals surface area contributed by atoms with Gasteiger partial charge in [-0.15, -0.1) is 10.2 Å². The van der Waals surface area contributed by atoms with Crippen LogP contribution >= 0.6 is 0 Å². The van der Waals surface area contributed by atoms with Crippen molar-refractivity contribution in [3.8, 4) is 0 Å². The number of nitrogens with zero attached hydrogens (tertiary/aromatic N) is 6. The first kappa shape index (κ1) is 15.7. The summed E-state index contributed by atoms with van der Waals surface area (Å²) in [6.45, 7) is 4.13. The van der Waals surface area contributed by atoms with Gasteiger partial charge >= 0.3 is 0 Å². The Kier molecular flexibility index (Phi) is 3.89. The summed E-state index contributed by atoms with van der Waals surface area (Å²) >= 11 is 0. The highest BCUT2D eigenvalue weighted by atomic mass is 32.2. The molecule has 9 nitrogen and oxygen atoms in total. The maximum absolute atomic E-state index is 12.6. The third-order valence-corrected chi connectivity index (χ3v) is 6.40. The van der Waals surface area contributed by atoms with Crippen LogP contribution in [0.1, 0.15) is 37.7 Å². The van der Waals surface area contributed by atoms with Crippen molar-refractivity contribution in [2.24, 2.45) is 0 Å². The number of sulfonamides is 1. The highest BCUT2D eigenvalue weighted by molar-refractivity contribution is 7.89. The summed E-state index contributed by atoms with van der Waals surface area (Å²) in [4.78, 5) is 0.242. The zero-order chi connectivity index (χ0) is 16.7. The van der Waals surface area contributed by atoms with E-state index >= 15 is 0 Å². The number of rotatable bonds is 5. The molecule has 0 radical (unpaired) electrons. The van der Waals surface area contributed by atoms with Crippen LogP contribution in [0.15, 0.2) is 23.6 Å². The average Bonchev–Trinajstić information content (AvgIpc) is 3.26. The van der Waals surface area contributed by atoms with Crippen molar-refractivity contribution < 1.29 is 13.2 Å². The molecule has 4 heterocycles. The molecule has 2 saturated heterocycles. The van der Waals surface area contributed by atoms with Gasteiger partial charge in [0, 0.05) is 32.4 Å². The Balaban J connectivity index is 1.47. The second-order valence-corrected chi connectivity index (χ2v) is 8.04.